The molecule has 5 heteroatoms. The van der Waals surface area contributed by atoms with E-state index in [-0.39, 0.29) is 18.4 Å². The highest BCUT2D eigenvalue weighted by Gasteiger charge is 2.16. The Hall–Kier alpha value is -3.08. The number of nitrogens with one attached hydrogen (secondary N) is 1. The third kappa shape index (κ3) is 6.29. The number of hydrogen-bond acceptors (Lipinski definition) is 3. The van der Waals surface area contributed by atoms with Gasteiger partial charge in [-0.15, -0.1) is 0 Å². The summed E-state index contributed by atoms with van der Waals surface area (Å²) in [4.78, 5) is 26.5. The Kier molecular flexibility index (Phi) is 7.62. The molecular weight excluding hydrogens is 340 g/mol. The molecule has 0 fully saturated rings. The Labute approximate surface area is 160 Å². The van der Waals surface area contributed by atoms with Crippen LogP contribution < -0.4 is 10.1 Å². The van der Waals surface area contributed by atoms with Gasteiger partial charge < -0.3 is 15.0 Å². The van der Waals surface area contributed by atoms with E-state index in [0.29, 0.717) is 30.9 Å². The highest BCUT2D eigenvalue weighted by molar-refractivity contribution is 5.97. The highest BCUT2D eigenvalue weighted by Crippen LogP contribution is 2.18. The zero-order valence-electron chi connectivity index (χ0n) is 15.9. The van der Waals surface area contributed by atoms with E-state index in [4.69, 9.17) is 4.74 Å². The molecule has 2 aromatic rings. The average Bonchev–Trinajstić information content (AvgIpc) is 2.69. The summed E-state index contributed by atoms with van der Waals surface area (Å²) < 4.78 is 5.65. The lowest BCUT2D eigenvalue weighted by Crippen LogP contribution is -2.36. The van der Waals surface area contributed by atoms with Crippen molar-refractivity contribution in [1.29, 1.82) is 0 Å². The lowest BCUT2D eigenvalue weighted by atomic mass is 10.1. The smallest absolute Gasteiger partial charge is 0.260 e. The maximum atomic E-state index is 12.5. The molecule has 0 atom stereocenters. The van der Waals surface area contributed by atoms with Gasteiger partial charge in [0.2, 0.25) is 0 Å². The predicted octanol–water partition coefficient (Wildman–Crippen LogP) is 3.42. The van der Waals surface area contributed by atoms with Crippen LogP contribution in [0.3, 0.4) is 0 Å². The summed E-state index contributed by atoms with van der Waals surface area (Å²) in [6.07, 6.45) is 0. The van der Waals surface area contributed by atoms with Gasteiger partial charge in [-0.2, -0.15) is 0 Å². The fourth-order valence-electron chi connectivity index (χ4n) is 2.59. The van der Waals surface area contributed by atoms with Gasteiger partial charge in [0.15, 0.2) is 6.61 Å². The van der Waals surface area contributed by atoms with Crippen LogP contribution in [0.15, 0.2) is 66.7 Å². The monoisotopic (exact) mass is 366 g/mol. The van der Waals surface area contributed by atoms with Crippen LogP contribution in [0.5, 0.6) is 5.75 Å². The predicted molar refractivity (Wildman–Crippen MR) is 107 cm³/mol. The summed E-state index contributed by atoms with van der Waals surface area (Å²) in [7, 11) is 0. The molecule has 1 N–H and O–H groups in total. The SMILES string of the molecule is C=C(C)CN(CC)C(=O)COc1ccccc1C(=O)NCc1ccccc1. The summed E-state index contributed by atoms with van der Waals surface area (Å²) in [5.41, 5.74) is 2.33. The van der Waals surface area contributed by atoms with Crippen molar-refractivity contribution in [2.24, 2.45) is 0 Å². The first kappa shape index (κ1) is 20.2. The number of amides is 2. The Morgan fingerprint density at radius 3 is 2.41 bits per heavy atom. The van der Waals surface area contributed by atoms with Gasteiger partial charge in [-0.25, -0.2) is 0 Å². The van der Waals surface area contributed by atoms with Crippen LogP contribution in [-0.4, -0.2) is 36.4 Å². The maximum absolute atomic E-state index is 12.5. The Balaban J connectivity index is 1.99. The van der Waals surface area contributed by atoms with Crippen molar-refractivity contribution in [2.75, 3.05) is 19.7 Å². The van der Waals surface area contributed by atoms with Crippen LogP contribution in [0.4, 0.5) is 0 Å². The number of nitrogens with zero attached hydrogens (tertiary/aromatic N) is 1. The number of carbonyl (C=O) groups is 2. The molecule has 142 valence electrons. The molecule has 0 aliphatic carbocycles. The number of benzene rings is 2. The molecule has 0 bridgehead atoms. The van der Waals surface area contributed by atoms with E-state index in [1.165, 1.54) is 0 Å². The molecular formula is C22H26N2O3. The second-order valence-electron chi connectivity index (χ2n) is 6.32. The number of para-hydroxylation sites is 1. The van der Waals surface area contributed by atoms with Gasteiger partial charge in [0.1, 0.15) is 5.75 Å². The van der Waals surface area contributed by atoms with E-state index in [0.717, 1.165) is 11.1 Å². The molecule has 2 rings (SSSR count). The number of hydrogen-bond donors (Lipinski definition) is 1. The van der Waals surface area contributed by atoms with Gasteiger partial charge in [-0.3, -0.25) is 9.59 Å². The Bertz CT molecular complexity index is 787. The van der Waals surface area contributed by atoms with Gasteiger partial charge in [0.25, 0.3) is 11.8 Å². The Morgan fingerprint density at radius 2 is 1.74 bits per heavy atom. The fraction of sp³-hybridized carbons (Fsp3) is 0.273. The highest BCUT2D eigenvalue weighted by atomic mass is 16.5. The van der Waals surface area contributed by atoms with Crippen LogP contribution in [-0.2, 0) is 11.3 Å². The van der Waals surface area contributed by atoms with Crippen LogP contribution in [0.2, 0.25) is 0 Å². The number of carbonyl (C=O) groups excluding carboxylic acids is 2. The number of ether oxygens (including phenoxy) is 1. The molecule has 2 aromatic carbocycles. The second-order valence-corrected chi connectivity index (χ2v) is 6.32. The van der Waals surface area contributed by atoms with Crippen molar-refractivity contribution in [3.05, 3.63) is 77.9 Å². The van der Waals surface area contributed by atoms with Gasteiger partial charge in [0, 0.05) is 19.6 Å². The summed E-state index contributed by atoms with van der Waals surface area (Å²) in [6, 6.07) is 16.6. The fourth-order valence-corrected chi connectivity index (χ4v) is 2.59. The van der Waals surface area contributed by atoms with Gasteiger partial charge >= 0.3 is 0 Å². The molecule has 0 saturated carbocycles. The summed E-state index contributed by atoms with van der Waals surface area (Å²) in [6.45, 7) is 9.01. The van der Waals surface area contributed by atoms with E-state index in [1.54, 1.807) is 29.2 Å². The minimum Gasteiger partial charge on any atom is -0.483 e. The summed E-state index contributed by atoms with van der Waals surface area (Å²) in [5, 5.41) is 2.88. The third-order valence-electron chi connectivity index (χ3n) is 3.97. The van der Waals surface area contributed by atoms with Crippen LogP contribution >= 0.6 is 0 Å². The second kappa shape index (κ2) is 10.2. The molecule has 0 aliphatic rings. The van der Waals surface area contributed by atoms with Gasteiger partial charge in [0.05, 0.1) is 5.56 Å². The number of likely N-dealkylation sites (N-methyl/N-ethyl adjacent to an activating group) is 1. The van der Waals surface area contributed by atoms with Crippen LogP contribution in [0.25, 0.3) is 0 Å². The zero-order valence-corrected chi connectivity index (χ0v) is 15.9. The van der Waals surface area contributed by atoms with Crippen LogP contribution in [0, 0.1) is 0 Å². The van der Waals surface area contributed by atoms with Crippen molar-refractivity contribution < 1.29 is 14.3 Å². The lowest BCUT2D eigenvalue weighted by molar-refractivity contribution is -0.132. The van der Waals surface area contributed by atoms with E-state index in [1.807, 2.05) is 44.2 Å². The topological polar surface area (TPSA) is 58.6 Å². The lowest BCUT2D eigenvalue weighted by Gasteiger charge is -2.21. The van der Waals surface area contributed by atoms with Crippen molar-refractivity contribution in [3.63, 3.8) is 0 Å². The van der Waals surface area contributed by atoms with E-state index in [2.05, 4.69) is 11.9 Å². The molecule has 5 nitrogen and oxygen atoms in total. The maximum Gasteiger partial charge on any atom is 0.260 e. The molecule has 0 aliphatic heterocycles. The van der Waals surface area contributed by atoms with Crippen molar-refractivity contribution in [3.8, 4) is 5.75 Å². The molecule has 0 heterocycles. The Morgan fingerprint density at radius 1 is 1.07 bits per heavy atom. The van der Waals surface area contributed by atoms with Crippen molar-refractivity contribution in [1.82, 2.24) is 10.2 Å². The van der Waals surface area contributed by atoms with E-state index < -0.39 is 0 Å². The summed E-state index contributed by atoms with van der Waals surface area (Å²) >= 11 is 0. The third-order valence-corrected chi connectivity index (χ3v) is 3.97. The first-order valence-electron chi connectivity index (χ1n) is 8.97. The largest absolute Gasteiger partial charge is 0.483 e. The number of rotatable bonds is 9. The first-order chi connectivity index (χ1) is 13.0. The minimum atomic E-state index is -0.240. The molecule has 0 radical (unpaired) electrons. The van der Waals surface area contributed by atoms with Crippen molar-refractivity contribution in [2.45, 2.75) is 20.4 Å². The van der Waals surface area contributed by atoms with E-state index >= 15 is 0 Å². The molecule has 0 spiro atoms. The van der Waals surface area contributed by atoms with Crippen molar-refractivity contribution >= 4 is 11.8 Å². The minimum absolute atomic E-state index is 0.121. The average molecular weight is 366 g/mol. The standard InChI is InChI=1S/C22H26N2O3/c1-4-24(15-17(2)3)21(25)16-27-20-13-9-8-12-19(20)22(26)23-14-18-10-6-5-7-11-18/h5-13H,2,4,14-16H2,1,3H3,(H,23,26). The molecule has 0 unspecified atom stereocenters. The van der Waals surface area contributed by atoms with Crippen LogP contribution in [0.1, 0.15) is 29.8 Å². The molecule has 2 amide bonds. The summed E-state index contributed by atoms with van der Waals surface area (Å²) in [5.74, 6) is 0.0129. The van der Waals surface area contributed by atoms with Gasteiger partial charge in [-0.05, 0) is 31.5 Å². The molecule has 0 aromatic heterocycles. The molecule has 27 heavy (non-hydrogen) atoms. The first-order valence-corrected chi connectivity index (χ1v) is 8.97. The van der Waals surface area contributed by atoms with Gasteiger partial charge in [-0.1, -0.05) is 54.6 Å². The zero-order chi connectivity index (χ0) is 19.6. The quantitative estimate of drug-likeness (QED) is 0.692. The molecule has 0 saturated heterocycles. The normalized spacial score (nSPS) is 10.1. The van der Waals surface area contributed by atoms with E-state index in [9.17, 15) is 9.59 Å².